The summed E-state index contributed by atoms with van der Waals surface area (Å²) < 4.78 is 4.99. The van der Waals surface area contributed by atoms with E-state index >= 15 is 0 Å². The molecular formula is C23H58O2. The van der Waals surface area contributed by atoms with Gasteiger partial charge >= 0.3 is 0 Å². The molecule has 2 heteroatoms. The summed E-state index contributed by atoms with van der Waals surface area (Å²) in [6.07, 6.45) is 11.3. The summed E-state index contributed by atoms with van der Waals surface area (Å²) in [5.74, 6) is 0. The zero-order valence-corrected chi connectivity index (χ0v) is 18.4. The summed E-state index contributed by atoms with van der Waals surface area (Å²) >= 11 is 0. The van der Waals surface area contributed by atoms with Crippen LogP contribution in [0.3, 0.4) is 0 Å². The van der Waals surface area contributed by atoms with E-state index in [1.54, 1.807) is 7.11 Å². The topological polar surface area (TPSA) is 29.5 Å². The maximum absolute atomic E-state index is 8.55. The fourth-order valence-electron chi connectivity index (χ4n) is 1.18. The number of aliphatic hydroxyl groups is 1. The maximum Gasteiger partial charge on any atom is 0.0543 e. The van der Waals surface area contributed by atoms with Gasteiger partial charge in [0.15, 0.2) is 0 Å². The molecule has 162 valence electrons. The van der Waals surface area contributed by atoms with E-state index in [1.165, 1.54) is 19.3 Å². The van der Waals surface area contributed by atoms with Crippen molar-refractivity contribution in [1.29, 1.82) is 0 Å². The highest BCUT2D eigenvalue weighted by molar-refractivity contribution is 4.73. The Balaban J connectivity index is -0.0000000335. The highest BCUT2D eigenvalue weighted by Crippen LogP contribution is 1.96. The lowest BCUT2D eigenvalue weighted by Crippen LogP contribution is -2.02. The van der Waals surface area contributed by atoms with Crippen LogP contribution < -0.4 is 0 Å². The molecule has 2 atom stereocenters. The molecule has 0 amide bonds. The van der Waals surface area contributed by atoms with E-state index in [0.717, 1.165) is 19.3 Å². The molecule has 0 aliphatic rings. The van der Waals surface area contributed by atoms with Crippen LogP contribution in [0, 0.1) is 0 Å². The smallest absolute Gasteiger partial charge is 0.0543 e. The van der Waals surface area contributed by atoms with Gasteiger partial charge in [-0.15, -0.1) is 0 Å². The number of hydrogen-bond donors (Lipinski definition) is 1. The second-order valence-electron chi connectivity index (χ2n) is 5.16. The van der Waals surface area contributed by atoms with Crippen molar-refractivity contribution in [2.24, 2.45) is 0 Å². The molecule has 0 aromatic heterocycles. The van der Waals surface area contributed by atoms with Gasteiger partial charge in [-0.2, -0.15) is 0 Å². The lowest BCUT2D eigenvalue weighted by molar-refractivity contribution is 0.110. The van der Waals surface area contributed by atoms with Crippen molar-refractivity contribution in [3.05, 3.63) is 12.2 Å². The lowest BCUT2D eigenvalue weighted by atomic mass is 10.2. The Morgan fingerprint density at radius 1 is 0.880 bits per heavy atom. The Kier molecular flexibility index (Phi) is 100. The van der Waals surface area contributed by atoms with E-state index in [1.807, 2.05) is 27.7 Å². The first kappa shape index (κ1) is 44.3. The molecule has 0 fully saturated rings. The molecule has 0 saturated carbocycles. The van der Waals surface area contributed by atoms with Gasteiger partial charge in [0, 0.05) is 7.11 Å². The second kappa shape index (κ2) is 56.5. The molecule has 0 aliphatic carbocycles. The monoisotopic (exact) mass is 366 g/mol. The van der Waals surface area contributed by atoms with Crippen LogP contribution in [0.2, 0.25) is 0 Å². The van der Waals surface area contributed by atoms with Crippen molar-refractivity contribution in [3.8, 4) is 0 Å². The number of aliphatic hydroxyl groups excluding tert-OH is 1. The minimum atomic E-state index is -0.102. The van der Waals surface area contributed by atoms with Crippen molar-refractivity contribution in [3.63, 3.8) is 0 Å². The van der Waals surface area contributed by atoms with Crippen molar-refractivity contribution in [2.45, 2.75) is 135 Å². The zero-order chi connectivity index (χ0) is 19.5. The van der Waals surface area contributed by atoms with Crippen LogP contribution in [0.15, 0.2) is 12.2 Å². The van der Waals surface area contributed by atoms with E-state index in [0.29, 0.717) is 6.10 Å². The van der Waals surface area contributed by atoms with Gasteiger partial charge in [0.25, 0.3) is 0 Å². The van der Waals surface area contributed by atoms with Gasteiger partial charge in [-0.05, 0) is 40.0 Å². The van der Waals surface area contributed by atoms with Crippen LogP contribution in [0.25, 0.3) is 0 Å². The lowest BCUT2D eigenvalue weighted by Gasteiger charge is -2.04. The zero-order valence-electron chi connectivity index (χ0n) is 18.4. The molecule has 0 saturated heterocycles. The molecule has 0 aromatic carbocycles. The van der Waals surface area contributed by atoms with Gasteiger partial charge in [0.05, 0.1) is 12.2 Å². The third-order valence-electron chi connectivity index (χ3n) is 2.28. The summed E-state index contributed by atoms with van der Waals surface area (Å²) in [5, 5.41) is 8.55. The fraction of sp³-hybridized carbons (Fsp3) is 0.913. The van der Waals surface area contributed by atoms with E-state index in [2.05, 4.69) is 53.7 Å². The van der Waals surface area contributed by atoms with Gasteiger partial charge in [-0.25, -0.2) is 0 Å². The maximum atomic E-state index is 8.55. The Bertz CT molecular complexity index is 154. The quantitative estimate of drug-likeness (QED) is 0.476. The van der Waals surface area contributed by atoms with Crippen molar-refractivity contribution < 1.29 is 9.84 Å². The first-order valence-corrected chi connectivity index (χ1v) is 9.73. The predicted molar refractivity (Wildman–Crippen MR) is 124 cm³/mol. The van der Waals surface area contributed by atoms with Crippen LogP contribution in [0.1, 0.15) is 123 Å². The molecule has 2 unspecified atom stereocenters. The molecule has 0 rings (SSSR count). The summed E-state index contributed by atoms with van der Waals surface area (Å²) in [6.45, 7) is 20.5. The van der Waals surface area contributed by atoms with Gasteiger partial charge in [-0.1, -0.05) is 94.7 Å². The molecule has 0 spiro atoms. The number of rotatable bonds is 6. The molecule has 2 nitrogen and oxygen atoms in total. The molecule has 25 heavy (non-hydrogen) atoms. The van der Waals surface area contributed by atoms with Gasteiger partial charge in [0.1, 0.15) is 0 Å². The third kappa shape index (κ3) is 119. The summed E-state index contributed by atoms with van der Waals surface area (Å²) in [5.41, 5.74) is 0. The minimum absolute atomic E-state index is 0. The van der Waals surface area contributed by atoms with E-state index in [4.69, 9.17) is 9.84 Å². The van der Waals surface area contributed by atoms with Crippen molar-refractivity contribution in [1.82, 2.24) is 0 Å². The second-order valence-corrected chi connectivity index (χ2v) is 5.16. The standard InChI is InChI=1S/C6H14O.C5H12O.C5H10.C3H8.C2H6.2CH4/c1-4-5-6(2)7-3;1-3-4-5(2)6;1-3-5-4-2;1-3-2;1-2;;/h6H,4-5H2,1-3H3;5-6H,3-4H2,1-2H3;3,5H,4H2,1-2H3;3H2,1-2H3;1-2H3;2*1H4. The van der Waals surface area contributed by atoms with Crippen LogP contribution >= 0.6 is 0 Å². The van der Waals surface area contributed by atoms with Crippen molar-refractivity contribution >= 4 is 0 Å². The van der Waals surface area contributed by atoms with Crippen molar-refractivity contribution in [2.75, 3.05) is 7.11 Å². The summed E-state index contributed by atoms with van der Waals surface area (Å²) in [6, 6.07) is 0. The van der Waals surface area contributed by atoms with Crippen LogP contribution in [0.5, 0.6) is 0 Å². The molecule has 0 bridgehead atoms. The third-order valence-corrected chi connectivity index (χ3v) is 2.28. The van der Waals surface area contributed by atoms with E-state index < -0.39 is 0 Å². The highest BCUT2D eigenvalue weighted by atomic mass is 16.5. The number of methoxy groups -OCH3 is 1. The number of hydrogen-bond acceptors (Lipinski definition) is 2. The van der Waals surface area contributed by atoms with Crippen LogP contribution in [-0.2, 0) is 4.74 Å². The fourth-order valence-corrected chi connectivity index (χ4v) is 1.18. The number of ether oxygens (including phenoxy) is 1. The molecule has 0 aromatic rings. The molecule has 1 N–H and O–H groups in total. The van der Waals surface area contributed by atoms with E-state index in [-0.39, 0.29) is 21.0 Å². The van der Waals surface area contributed by atoms with Crippen LogP contribution in [-0.4, -0.2) is 24.4 Å². The first-order chi connectivity index (χ1) is 10.9. The first-order valence-electron chi connectivity index (χ1n) is 9.73. The SMILES string of the molecule is C.C.CC.CC=CCC.CCC.CCCC(C)O.CCCC(C)OC. The Morgan fingerprint density at radius 3 is 1.28 bits per heavy atom. The van der Waals surface area contributed by atoms with Gasteiger partial charge in [-0.3, -0.25) is 0 Å². The largest absolute Gasteiger partial charge is 0.393 e. The predicted octanol–water partition coefficient (Wildman–Crippen LogP) is 8.68. The molecule has 0 aliphatic heterocycles. The molecular weight excluding hydrogens is 308 g/mol. The average molecular weight is 367 g/mol. The molecule has 0 radical (unpaired) electrons. The normalized spacial score (nSPS) is 10.4. The average Bonchev–Trinajstić information content (AvgIpc) is 2.52. The summed E-state index contributed by atoms with van der Waals surface area (Å²) in [4.78, 5) is 0. The highest BCUT2D eigenvalue weighted by Gasteiger charge is 1.92. The number of allylic oxidation sites excluding steroid dienone is 2. The Hall–Kier alpha value is -0.340. The minimum Gasteiger partial charge on any atom is -0.393 e. The van der Waals surface area contributed by atoms with Crippen LogP contribution in [0.4, 0.5) is 0 Å². The van der Waals surface area contributed by atoms with Gasteiger partial charge in [0.2, 0.25) is 0 Å². The van der Waals surface area contributed by atoms with Gasteiger partial charge < -0.3 is 9.84 Å². The molecule has 0 heterocycles. The van der Waals surface area contributed by atoms with E-state index in [9.17, 15) is 0 Å². The Morgan fingerprint density at radius 2 is 1.24 bits per heavy atom. The Labute approximate surface area is 164 Å². The summed E-state index contributed by atoms with van der Waals surface area (Å²) in [7, 11) is 1.75.